The Balaban J connectivity index is 1.59. The summed E-state index contributed by atoms with van der Waals surface area (Å²) in [5.74, 6) is 1.01. The Morgan fingerprint density at radius 2 is 2.03 bits per heavy atom. The third-order valence-corrected chi connectivity index (χ3v) is 6.04. The lowest BCUT2D eigenvalue weighted by molar-refractivity contribution is 0.382. The number of aromatic nitrogens is 2. The summed E-state index contributed by atoms with van der Waals surface area (Å²) >= 11 is 0. The molecule has 3 heterocycles. The topological polar surface area (TPSA) is 56.3 Å². The SMILES string of the molecule is CCN1CNc2cc3c(N(Cc4ccccc4)C4CCCCN4)ncnc3cc21. The van der Waals surface area contributed by atoms with E-state index in [1.807, 2.05) is 0 Å². The molecule has 0 radical (unpaired) electrons. The summed E-state index contributed by atoms with van der Waals surface area (Å²) in [5.41, 5.74) is 4.70. The second-order valence-corrected chi connectivity index (χ2v) is 7.85. The number of nitrogens with zero attached hydrogens (tertiary/aromatic N) is 4. The van der Waals surface area contributed by atoms with Gasteiger partial charge in [0.15, 0.2) is 0 Å². The highest BCUT2D eigenvalue weighted by Gasteiger charge is 2.26. The Labute approximate surface area is 172 Å². The zero-order valence-corrected chi connectivity index (χ0v) is 16.9. The number of rotatable bonds is 5. The van der Waals surface area contributed by atoms with Crippen LogP contribution in [0.5, 0.6) is 0 Å². The number of nitrogens with one attached hydrogen (secondary N) is 2. The van der Waals surface area contributed by atoms with Crippen molar-refractivity contribution in [2.75, 3.05) is 34.9 Å². The van der Waals surface area contributed by atoms with Crippen LogP contribution in [-0.4, -0.2) is 35.9 Å². The van der Waals surface area contributed by atoms with Crippen molar-refractivity contribution >= 4 is 28.1 Å². The van der Waals surface area contributed by atoms with Gasteiger partial charge in [-0.3, -0.25) is 5.32 Å². The molecule has 2 aliphatic heterocycles. The highest BCUT2D eigenvalue weighted by molar-refractivity contribution is 5.97. The number of hydrogen-bond donors (Lipinski definition) is 2. The predicted molar refractivity (Wildman–Crippen MR) is 119 cm³/mol. The summed E-state index contributed by atoms with van der Waals surface area (Å²) in [6.07, 6.45) is 5.61. The van der Waals surface area contributed by atoms with Gasteiger partial charge in [0.2, 0.25) is 0 Å². The third-order valence-electron chi connectivity index (χ3n) is 6.04. The first-order valence-electron chi connectivity index (χ1n) is 10.6. The first-order chi connectivity index (χ1) is 14.3. The quantitative estimate of drug-likeness (QED) is 0.690. The molecular weight excluding hydrogens is 360 g/mol. The van der Waals surface area contributed by atoms with Crippen LogP contribution in [0.4, 0.5) is 17.2 Å². The molecule has 1 atom stereocenters. The molecule has 2 aromatic carbocycles. The van der Waals surface area contributed by atoms with E-state index in [2.05, 4.69) is 74.8 Å². The lowest BCUT2D eigenvalue weighted by Crippen LogP contribution is -2.48. The third kappa shape index (κ3) is 3.49. The summed E-state index contributed by atoms with van der Waals surface area (Å²) in [7, 11) is 0. The molecule has 0 amide bonds. The molecule has 1 saturated heterocycles. The Hall–Kier alpha value is -2.86. The minimum Gasteiger partial charge on any atom is -0.366 e. The number of fused-ring (bicyclic) bond motifs is 2. The Morgan fingerprint density at radius 3 is 2.83 bits per heavy atom. The average molecular weight is 389 g/mol. The number of anilines is 3. The van der Waals surface area contributed by atoms with E-state index in [0.29, 0.717) is 0 Å². The fraction of sp³-hybridized carbons (Fsp3) is 0.391. The molecule has 6 nitrogen and oxygen atoms in total. The van der Waals surface area contributed by atoms with Crippen molar-refractivity contribution < 1.29 is 0 Å². The van der Waals surface area contributed by atoms with Crippen LogP contribution < -0.4 is 20.4 Å². The Kier molecular flexibility index (Phi) is 4.94. The van der Waals surface area contributed by atoms with Crippen molar-refractivity contribution in [3.05, 3.63) is 54.4 Å². The van der Waals surface area contributed by atoms with Gasteiger partial charge in [0, 0.05) is 18.5 Å². The van der Waals surface area contributed by atoms with E-state index in [-0.39, 0.29) is 6.17 Å². The van der Waals surface area contributed by atoms with Crippen molar-refractivity contribution in [3.8, 4) is 0 Å². The molecule has 0 bridgehead atoms. The molecule has 0 spiro atoms. The lowest BCUT2D eigenvalue weighted by atomic mass is 10.1. The molecule has 0 aliphatic carbocycles. The summed E-state index contributed by atoms with van der Waals surface area (Å²) in [5, 5.41) is 8.35. The first kappa shape index (κ1) is 18.2. The highest BCUT2D eigenvalue weighted by Crippen LogP contribution is 2.38. The van der Waals surface area contributed by atoms with Crippen molar-refractivity contribution in [3.63, 3.8) is 0 Å². The van der Waals surface area contributed by atoms with Gasteiger partial charge in [-0.15, -0.1) is 0 Å². The van der Waals surface area contributed by atoms with Crippen LogP contribution in [-0.2, 0) is 6.54 Å². The van der Waals surface area contributed by atoms with Gasteiger partial charge >= 0.3 is 0 Å². The van der Waals surface area contributed by atoms with Crippen LogP contribution >= 0.6 is 0 Å². The van der Waals surface area contributed by atoms with Crippen molar-refractivity contribution in [1.29, 1.82) is 0 Å². The second-order valence-electron chi connectivity index (χ2n) is 7.85. The van der Waals surface area contributed by atoms with Gasteiger partial charge in [-0.2, -0.15) is 0 Å². The predicted octanol–water partition coefficient (Wildman–Crippen LogP) is 3.95. The lowest BCUT2D eigenvalue weighted by Gasteiger charge is -2.36. The molecule has 2 aliphatic rings. The van der Waals surface area contributed by atoms with Crippen LogP contribution in [0.1, 0.15) is 31.7 Å². The van der Waals surface area contributed by atoms with Gasteiger partial charge in [-0.1, -0.05) is 30.3 Å². The minimum atomic E-state index is 0.287. The molecule has 1 aromatic heterocycles. The van der Waals surface area contributed by atoms with Crippen LogP contribution in [0.3, 0.4) is 0 Å². The summed E-state index contributed by atoms with van der Waals surface area (Å²) in [4.78, 5) is 14.1. The van der Waals surface area contributed by atoms with E-state index in [1.165, 1.54) is 29.8 Å². The average Bonchev–Trinajstić information content (AvgIpc) is 3.19. The van der Waals surface area contributed by atoms with Gasteiger partial charge in [-0.05, 0) is 50.4 Å². The molecule has 6 heteroatoms. The normalized spacial score (nSPS) is 18.5. The van der Waals surface area contributed by atoms with Gasteiger partial charge in [-0.25, -0.2) is 9.97 Å². The molecule has 2 N–H and O–H groups in total. The maximum atomic E-state index is 4.78. The van der Waals surface area contributed by atoms with E-state index in [9.17, 15) is 0 Å². The zero-order chi connectivity index (χ0) is 19.6. The maximum absolute atomic E-state index is 4.78. The first-order valence-corrected chi connectivity index (χ1v) is 10.6. The zero-order valence-electron chi connectivity index (χ0n) is 16.9. The summed E-state index contributed by atoms with van der Waals surface area (Å²) in [6, 6.07) is 15.1. The molecule has 29 heavy (non-hydrogen) atoms. The smallest absolute Gasteiger partial charge is 0.141 e. The molecular formula is C23H28N6. The fourth-order valence-electron chi connectivity index (χ4n) is 4.47. The standard InChI is InChI=1S/C23H28N6/c1-2-28-16-27-20-12-18-19(13-21(20)28)25-15-26-23(18)29(22-10-6-7-11-24-22)14-17-8-4-3-5-9-17/h3-5,8-9,12-13,15,22,24,27H,2,6-7,10-11,14,16H2,1H3. The molecule has 1 unspecified atom stereocenters. The van der Waals surface area contributed by atoms with Gasteiger partial charge in [0.05, 0.1) is 29.7 Å². The van der Waals surface area contributed by atoms with Crippen LogP contribution in [0.15, 0.2) is 48.8 Å². The summed E-state index contributed by atoms with van der Waals surface area (Å²) in [6.45, 7) is 5.90. The van der Waals surface area contributed by atoms with E-state index in [1.54, 1.807) is 6.33 Å². The van der Waals surface area contributed by atoms with Crippen LogP contribution in [0.25, 0.3) is 10.9 Å². The van der Waals surface area contributed by atoms with Crippen molar-refractivity contribution in [1.82, 2.24) is 15.3 Å². The molecule has 3 aromatic rings. The Bertz CT molecular complexity index is 983. The number of hydrogen-bond acceptors (Lipinski definition) is 6. The monoisotopic (exact) mass is 388 g/mol. The fourth-order valence-corrected chi connectivity index (χ4v) is 4.47. The number of benzene rings is 2. The molecule has 150 valence electrons. The van der Waals surface area contributed by atoms with Gasteiger partial charge in [0.1, 0.15) is 12.1 Å². The summed E-state index contributed by atoms with van der Waals surface area (Å²) < 4.78 is 0. The van der Waals surface area contributed by atoms with E-state index >= 15 is 0 Å². The van der Waals surface area contributed by atoms with Gasteiger partial charge in [0.25, 0.3) is 0 Å². The van der Waals surface area contributed by atoms with E-state index in [4.69, 9.17) is 4.98 Å². The second kappa shape index (κ2) is 7.87. The van der Waals surface area contributed by atoms with Crippen LogP contribution in [0, 0.1) is 0 Å². The van der Waals surface area contributed by atoms with Crippen LogP contribution in [0.2, 0.25) is 0 Å². The minimum absolute atomic E-state index is 0.287. The maximum Gasteiger partial charge on any atom is 0.141 e. The largest absolute Gasteiger partial charge is 0.366 e. The van der Waals surface area contributed by atoms with Gasteiger partial charge < -0.3 is 15.1 Å². The molecule has 1 fully saturated rings. The van der Waals surface area contributed by atoms with Crippen molar-refractivity contribution in [2.24, 2.45) is 0 Å². The van der Waals surface area contributed by atoms with E-state index < -0.39 is 0 Å². The number of piperidine rings is 1. The molecule has 5 rings (SSSR count). The molecule has 0 saturated carbocycles. The Morgan fingerprint density at radius 1 is 1.14 bits per heavy atom. The highest BCUT2D eigenvalue weighted by atomic mass is 15.3. The van der Waals surface area contributed by atoms with Crippen molar-refractivity contribution in [2.45, 2.75) is 38.9 Å². The van der Waals surface area contributed by atoms with E-state index in [0.717, 1.165) is 49.4 Å².